The predicted octanol–water partition coefficient (Wildman–Crippen LogP) is 12.3. The normalized spacial score (nSPS) is 11.7. The highest BCUT2D eigenvalue weighted by molar-refractivity contribution is 6.12. The topological polar surface area (TPSA) is 35.6 Å². The van der Waals surface area contributed by atoms with Crippen molar-refractivity contribution in [3.8, 4) is 45.3 Å². The summed E-state index contributed by atoms with van der Waals surface area (Å²) in [4.78, 5) is 10.0. The minimum atomic E-state index is 0.716. The van der Waals surface area contributed by atoms with Crippen LogP contribution in [0.25, 0.3) is 88.9 Å². The third kappa shape index (κ3) is 4.91. The van der Waals surface area contributed by atoms with Crippen molar-refractivity contribution in [3.63, 3.8) is 0 Å². The number of hydrogen-bond acceptors (Lipinski definition) is 2. The molecule has 4 heteroatoms. The maximum Gasteiger partial charge on any atom is 0.160 e. The van der Waals surface area contributed by atoms with E-state index in [0.717, 1.165) is 39.5 Å². The molecule has 0 saturated carbocycles. The van der Waals surface area contributed by atoms with Gasteiger partial charge >= 0.3 is 0 Å². The van der Waals surface area contributed by atoms with Crippen molar-refractivity contribution >= 4 is 43.6 Å². The molecule has 52 heavy (non-hydrogen) atoms. The van der Waals surface area contributed by atoms with Crippen molar-refractivity contribution in [2.45, 2.75) is 13.8 Å². The molecule has 3 aromatic heterocycles. The SMILES string of the molecule is Cc1ccc2c(c1)c1cc(C)ccc1n2-c1ccc2c(c1)c1ccccc1n2-c1ccc(-c2cc(-c3ccccc3)nc(-c3ccccc3)n2)cc1. The van der Waals surface area contributed by atoms with E-state index in [1.54, 1.807) is 0 Å². The van der Waals surface area contributed by atoms with Gasteiger partial charge in [-0.3, -0.25) is 0 Å². The van der Waals surface area contributed by atoms with Crippen molar-refractivity contribution < 1.29 is 0 Å². The molecule has 0 saturated heterocycles. The summed E-state index contributed by atoms with van der Waals surface area (Å²) in [6.45, 7) is 4.34. The van der Waals surface area contributed by atoms with Crippen molar-refractivity contribution in [2.75, 3.05) is 0 Å². The number of para-hydroxylation sites is 1. The lowest BCUT2D eigenvalue weighted by molar-refractivity contribution is 1.16. The van der Waals surface area contributed by atoms with Crippen LogP contribution in [0, 0.1) is 13.8 Å². The zero-order valence-corrected chi connectivity index (χ0v) is 29.0. The molecule has 4 nitrogen and oxygen atoms in total. The van der Waals surface area contributed by atoms with Crippen molar-refractivity contribution in [2.24, 2.45) is 0 Å². The Kier molecular flexibility index (Phi) is 6.90. The smallest absolute Gasteiger partial charge is 0.160 e. The van der Waals surface area contributed by atoms with Crippen LogP contribution in [0.15, 0.2) is 170 Å². The molecule has 0 aliphatic carbocycles. The first kappa shape index (κ1) is 30.1. The number of rotatable bonds is 5. The molecule has 0 radical (unpaired) electrons. The van der Waals surface area contributed by atoms with Gasteiger partial charge in [0.15, 0.2) is 5.82 Å². The second kappa shape index (κ2) is 11.9. The van der Waals surface area contributed by atoms with E-state index in [0.29, 0.717) is 5.82 Å². The zero-order chi connectivity index (χ0) is 34.8. The Morgan fingerprint density at radius 1 is 0.346 bits per heavy atom. The number of aromatic nitrogens is 4. The summed E-state index contributed by atoms with van der Waals surface area (Å²) in [5, 5.41) is 5.03. The van der Waals surface area contributed by atoms with Crippen LogP contribution in [0.2, 0.25) is 0 Å². The first-order valence-corrected chi connectivity index (χ1v) is 17.7. The number of aryl methyl sites for hydroxylation is 2. The largest absolute Gasteiger partial charge is 0.309 e. The quantitative estimate of drug-likeness (QED) is 0.183. The summed E-state index contributed by atoms with van der Waals surface area (Å²) in [6.07, 6.45) is 0. The summed E-state index contributed by atoms with van der Waals surface area (Å²) < 4.78 is 4.79. The van der Waals surface area contributed by atoms with Gasteiger partial charge < -0.3 is 9.13 Å². The summed E-state index contributed by atoms with van der Waals surface area (Å²) in [5.41, 5.74) is 14.5. The highest BCUT2D eigenvalue weighted by atomic mass is 15.0. The van der Waals surface area contributed by atoms with Gasteiger partial charge in [0.25, 0.3) is 0 Å². The first-order chi connectivity index (χ1) is 25.6. The predicted molar refractivity (Wildman–Crippen MR) is 216 cm³/mol. The summed E-state index contributed by atoms with van der Waals surface area (Å²) >= 11 is 0. The number of hydrogen-bond donors (Lipinski definition) is 0. The lowest BCUT2D eigenvalue weighted by Gasteiger charge is -2.12. The molecule has 246 valence electrons. The van der Waals surface area contributed by atoms with Gasteiger partial charge in [-0.05, 0) is 80.6 Å². The Balaban J connectivity index is 1.11. The van der Waals surface area contributed by atoms with Crippen LogP contribution in [-0.4, -0.2) is 19.1 Å². The highest BCUT2D eigenvalue weighted by Crippen LogP contribution is 2.38. The van der Waals surface area contributed by atoms with Gasteiger partial charge in [-0.1, -0.05) is 114 Å². The van der Waals surface area contributed by atoms with Crippen LogP contribution in [0.1, 0.15) is 11.1 Å². The van der Waals surface area contributed by atoms with Gasteiger partial charge in [0, 0.05) is 49.6 Å². The maximum absolute atomic E-state index is 5.06. The van der Waals surface area contributed by atoms with E-state index in [9.17, 15) is 0 Å². The number of nitrogens with zero attached hydrogens (tertiary/aromatic N) is 4. The second-order valence-electron chi connectivity index (χ2n) is 13.7. The van der Waals surface area contributed by atoms with Gasteiger partial charge in [-0.25, -0.2) is 9.97 Å². The fraction of sp³-hybridized carbons (Fsp3) is 0.0417. The Morgan fingerprint density at radius 2 is 0.808 bits per heavy atom. The molecule has 0 unspecified atom stereocenters. The number of benzene rings is 7. The molecular formula is C48H34N4. The van der Waals surface area contributed by atoms with E-state index >= 15 is 0 Å². The van der Waals surface area contributed by atoms with Crippen LogP contribution in [-0.2, 0) is 0 Å². The fourth-order valence-electron chi connectivity index (χ4n) is 7.76. The minimum absolute atomic E-state index is 0.716. The van der Waals surface area contributed by atoms with E-state index in [1.807, 2.05) is 36.4 Å². The second-order valence-corrected chi connectivity index (χ2v) is 13.7. The summed E-state index contributed by atoms with van der Waals surface area (Å²) in [7, 11) is 0. The van der Waals surface area contributed by atoms with E-state index < -0.39 is 0 Å². The molecule has 7 aromatic carbocycles. The van der Waals surface area contributed by atoms with Gasteiger partial charge in [0.2, 0.25) is 0 Å². The van der Waals surface area contributed by atoms with Crippen molar-refractivity contribution in [3.05, 3.63) is 181 Å². The lowest BCUT2D eigenvalue weighted by Crippen LogP contribution is -1.97. The third-order valence-electron chi connectivity index (χ3n) is 10.2. The molecule has 3 heterocycles. The van der Waals surface area contributed by atoms with Gasteiger partial charge in [-0.2, -0.15) is 0 Å². The molecule has 0 aliphatic heterocycles. The molecule has 10 aromatic rings. The molecule has 0 aliphatic rings. The Hall–Kier alpha value is -6.78. The maximum atomic E-state index is 5.06. The number of fused-ring (bicyclic) bond motifs is 6. The van der Waals surface area contributed by atoms with E-state index in [4.69, 9.17) is 9.97 Å². The van der Waals surface area contributed by atoms with E-state index in [-0.39, 0.29) is 0 Å². The van der Waals surface area contributed by atoms with Crippen LogP contribution in [0.3, 0.4) is 0 Å². The third-order valence-corrected chi connectivity index (χ3v) is 10.2. The van der Waals surface area contributed by atoms with Crippen molar-refractivity contribution in [1.82, 2.24) is 19.1 Å². The standard InChI is InChI=1S/C48H34N4/c1-31-17-24-45-39(27-31)40-28-32(2)18-25-46(40)52(45)37-23-26-47-41(29-37)38-15-9-10-16-44(38)51(47)36-21-19-34(20-22-36)43-30-42(33-11-5-3-6-12-33)49-48(50-43)35-13-7-4-8-14-35/h3-30H,1-2H3. The van der Waals surface area contributed by atoms with E-state index in [1.165, 1.54) is 54.7 Å². The Morgan fingerprint density at radius 3 is 1.44 bits per heavy atom. The molecule has 10 rings (SSSR count). The van der Waals surface area contributed by atoms with Crippen LogP contribution in [0.5, 0.6) is 0 Å². The Bertz CT molecular complexity index is 2840. The molecule has 0 spiro atoms. The van der Waals surface area contributed by atoms with Gasteiger partial charge in [0.05, 0.1) is 33.5 Å². The van der Waals surface area contributed by atoms with Gasteiger partial charge in [-0.15, -0.1) is 0 Å². The molecule has 0 fully saturated rings. The Labute approximate surface area is 301 Å². The molecular weight excluding hydrogens is 633 g/mol. The minimum Gasteiger partial charge on any atom is -0.309 e. The van der Waals surface area contributed by atoms with E-state index in [2.05, 4.69) is 156 Å². The molecule has 0 bridgehead atoms. The van der Waals surface area contributed by atoms with Gasteiger partial charge in [0.1, 0.15) is 0 Å². The average Bonchev–Trinajstić information content (AvgIpc) is 3.70. The molecule has 0 atom stereocenters. The monoisotopic (exact) mass is 666 g/mol. The fourth-order valence-corrected chi connectivity index (χ4v) is 7.76. The first-order valence-electron chi connectivity index (χ1n) is 17.7. The summed E-state index contributed by atoms with van der Waals surface area (Å²) in [5.74, 6) is 0.716. The summed E-state index contributed by atoms with van der Waals surface area (Å²) in [6, 6.07) is 60.6. The molecule has 0 N–H and O–H groups in total. The zero-order valence-electron chi connectivity index (χ0n) is 29.0. The van der Waals surface area contributed by atoms with Crippen LogP contribution < -0.4 is 0 Å². The molecule has 0 amide bonds. The highest BCUT2D eigenvalue weighted by Gasteiger charge is 2.17. The van der Waals surface area contributed by atoms with Crippen molar-refractivity contribution in [1.29, 1.82) is 0 Å². The van der Waals surface area contributed by atoms with Crippen LogP contribution in [0.4, 0.5) is 0 Å². The van der Waals surface area contributed by atoms with Crippen LogP contribution >= 0.6 is 0 Å². The lowest BCUT2D eigenvalue weighted by atomic mass is 10.1. The average molecular weight is 667 g/mol.